The lowest BCUT2D eigenvalue weighted by Gasteiger charge is -2.22. The number of rotatable bonds is 5. The van der Waals surface area contributed by atoms with Gasteiger partial charge in [-0.25, -0.2) is 13.9 Å². The maximum absolute atomic E-state index is 14.0. The largest absolute Gasteiger partial charge is 0.485 e. The number of para-hydroxylation sites is 2. The first-order valence-electron chi connectivity index (χ1n) is 9.89. The fraction of sp³-hybridized carbons (Fsp3) is 0.261. The fourth-order valence-electron chi connectivity index (χ4n) is 3.79. The van der Waals surface area contributed by atoms with Crippen LogP contribution < -0.4 is 4.74 Å². The van der Waals surface area contributed by atoms with Crippen molar-refractivity contribution in [1.82, 2.24) is 14.7 Å². The Kier molecular flexibility index (Phi) is 5.70. The van der Waals surface area contributed by atoms with Gasteiger partial charge in [0.1, 0.15) is 12.1 Å². The van der Waals surface area contributed by atoms with Gasteiger partial charge in [-0.2, -0.15) is 5.10 Å². The summed E-state index contributed by atoms with van der Waals surface area (Å²) >= 11 is 0. The van der Waals surface area contributed by atoms with Crippen molar-refractivity contribution in [2.24, 2.45) is 0 Å². The second kappa shape index (κ2) is 8.59. The van der Waals surface area contributed by atoms with Crippen LogP contribution in [0.1, 0.15) is 22.5 Å². The van der Waals surface area contributed by atoms with E-state index < -0.39 is 23.9 Å². The molecular weight excluding hydrogens is 401 g/mol. The number of ether oxygens (including phenoxy) is 2. The quantitative estimate of drug-likeness (QED) is 0.590. The summed E-state index contributed by atoms with van der Waals surface area (Å²) < 4.78 is 26.3. The Bertz CT molecular complexity index is 1100. The lowest BCUT2D eigenvalue weighted by atomic mass is 10.1. The minimum absolute atomic E-state index is 0.0819. The van der Waals surface area contributed by atoms with E-state index in [0.717, 1.165) is 5.69 Å². The van der Waals surface area contributed by atoms with Crippen molar-refractivity contribution in [1.29, 1.82) is 0 Å². The molecule has 1 saturated heterocycles. The summed E-state index contributed by atoms with van der Waals surface area (Å²) in [6.45, 7) is 1.92. The Morgan fingerprint density at radius 1 is 1.10 bits per heavy atom. The number of hydrogen-bond donors (Lipinski definition) is 0. The molecule has 0 N–H and O–H groups in total. The zero-order chi connectivity index (χ0) is 22.0. The molecule has 8 heteroatoms. The van der Waals surface area contributed by atoms with Crippen molar-refractivity contribution in [3.8, 4) is 11.4 Å². The van der Waals surface area contributed by atoms with E-state index >= 15 is 0 Å². The van der Waals surface area contributed by atoms with Crippen LogP contribution in [0.2, 0.25) is 0 Å². The smallest absolute Gasteiger partial charge is 0.328 e. The lowest BCUT2D eigenvalue weighted by Crippen LogP contribution is -2.41. The number of aromatic nitrogens is 2. The summed E-state index contributed by atoms with van der Waals surface area (Å²) in [6.07, 6.45) is 1.15. The third-order valence-electron chi connectivity index (χ3n) is 5.37. The van der Waals surface area contributed by atoms with Crippen molar-refractivity contribution < 1.29 is 23.5 Å². The molecule has 2 atom stereocenters. The highest BCUT2D eigenvalue weighted by molar-refractivity contribution is 5.98. The summed E-state index contributed by atoms with van der Waals surface area (Å²) in [6, 6.07) is 14.7. The van der Waals surface area contributed by atoms with Gasteiger partial charge in [-0.1, -0.05) is 30.3 Å². The molecule has 0 radical (unpaired) electrons. The van der Waals surface area contributed by atoms with Crippen LogP contribution in [0.25, 0.3) is 5.69 Å². The molecule has 0 aliphatic carbocycles. The van der Waals surface area contributed by atoms with Crippen molar-refractivity contribution in [3.05, 3.63) is 77.9 Å². The van der Waals surface area contributed by atoms with E-state index in [1.807, 2.05) is 30.3 Å². The van der Waals surface area contributed by atoms with Crippen molar-refractivity contribution in [3.63, 3.8) is 0 Å². The maximum Gasteiger partial charge on any atom is 0.328 e. The van der Waals surface area contributed by atoms with E-state index in [1.165, 1.54) is 30.3 Å². The van der Waals surface area contributed by atoms with E-state index in [2.05, 4.69) is 5.10 Å². The first-order valence-corrected chi connectivity index (χ1v) is 9.89. The molecule has 1 aliphatic rings. The number of likely N-dealkylation sites (tertiary alicyclic amines) is 1. The monoisotopic (exact) mass is 423 g/mol. The number of carbonyl (C=O) groups is 2. The standard InChI is InChI=1S/C23H22FN3O4/c1-15-18(13-25-27(15)16-8-4-3-5-9-16)22(28)26-14-17(12-20(26)23(29)30-2)31-21-11-7-6-10-19(21)24/h3-11,13,17,20H,12,14H2,1-2H3/t17-,20+/m0/s1. The number of nitrogens with zero attached hydrogens (tertiary/aromatic N) is 3. The number of esters is 1. The fourth-order valence-corrected chi connectivity index (χ4v) is 3.79. The average molecular weight is 423 g/mol. The highest BCUT2D eigenvalue weighted by Gasteiger charge is 2.42. The summed E-state index contributed by atoms with van der Waals surface area (Å²) in [5.74, 6) is -1.31. The van der Waals surface area contributed by atoms with Crippen molar-refractivity contribution in [2.45, 2.75) is 25.5 Å². The molecule has 2 heterocycles. The van der Waals surface area contributed by atoms with Crippen molar-refractivity contribution in [2.75, 3.05) is 13.7 Å². The van der Waals surface area contributed by atoms with E-state index in [4.69, 9.17) is 9.47 Å². The molecule has 2 aromatic carbocycles. The van der Waals surface area contributed by atoms with Gasteiger partial charge in [0.2, 0.25) is 0 Å². The first-order chi connectivity index (χ1) is 15.0. The zero-order valence-electron chi connectivity index (χ0n) is 17.2. The SMILES string of the molecule is COC(=O)[C@H]1C[C@H](Oc2ccccc2F)CN1C(=O)c1cnn(-c2ccccc2)c1C. The molecule has 3 aromatic rings. The van der Waals surface area contributed by atoms with Gasteiger partial charge in [0, 0.05) is 6.42 Å². The Morgan fingerprint density at radius 3 is 2.52 bits per heavy atom. The van der Waals surface area contributed by atoms with E-state index in [-0.39, 0.29) is 24.6 Å². The van der Waals surface area contributed by atoms with Crippen LogP contribution in [0.5, 0.6) is 5.75 Å². The number of amides is 1. The van der Waals surface area contributed by atoms with E-state index in [1.54, 1.807) is 23.7 Å². The molecule has 31 heavy (non-hydrogen) atoms. The highest BCUT2D eigenvalue weighted by Crippen LogP contribution is 2.28. The molecule has 1 aliphatic heterocycles. The summed E-state index contributed by atoms with van der Waals surface area (Å²) in [7, 11) is 1.27. The van der Waals surface area contributed by atoms with Crippen molar-refractivity contribution >= 4 is 11.9 Å². The van der Waals surface area contributed by atoms with Crippen LogP contribution >= 0.6 is 0 Å². The molecule has 1 fully saturated rings. The Labute approximate surface area is 179 Å². The van der Waals surface area contributed by atoms with Gasteiger partial charge in [-0.3, -0.25) is 4.79 Å². The number of carbonyl (C=O) groups excluding carboxylic acids is 2. The average Bonchev–Trinajstić information content (AvgIpc) is 3.39. The number of benzene rings is 2. The van der Waals surface area contributed by atoms with Crippen LogP contribution in [0.4, 0.5) is 4.39 Å². The van der Waals surface area contributed by atoms with Crippen LogP contribution in [0, 0.1) is 12.7 Å². The third-order valence-corrected chi connectivity index (χ3v) is 5.37. The van der Waals surface area contributed by atoms with E-state index in [0.29, 0.717) is 11.3 Å². The Balaban J connectivity index is 1.59. The second-order valence-corrected chi connectivity index (χ2v) is 7.29. The van der Waals surface area contributed by atoms with Crippen LogP contribution in [0.3, 0.4) is 0 Å². The minimum atomic E-state index is -0.825. The van der Waals surface area contributed by atoms with Crippen LogP contribution in [-0.2, 0) is 9.53 Å². The van der Waals surface area contributed by atoms with Crippen LogP contribution in [-0.4, -0.2) is 52.4 Å². The van der Waals surface area contributed by atoms with Gasteiger partial charge in [-0.05, 0) is 31.2 Å². The Morgan fingerprint density at radius 2 is 1.81 bits per heavy atom. The molecule has 4 rings (SSSR count). The normalized spacial score (nSPS) is 18.1. The summed E-state index contributed by atoms with van der Waals surface area (Å²) in [5.41, 5.74) is 1.85. The molecular formula is C23H22FN3O4. The van der Waals surface area contributed by atoms with Crippen LogP contribution in [0.15, 0.2) is 60.8 Å². The molecule has 0 saturated carbocycles. The maximum atomic E-state index is 14.0. The molecule has 0 spiro atoms. The van der Waals surface area contributed by atoms with Gasteiger partial charge in [0.25, 0.3) is 5.91 Å². The third kappa shape index (κ3) is 4.01. The summed E-state index contributed by atoms with van der Waals surface area (Å²) in [5, 5.41) is 4.34. The zero-order valence-corrected chi connectivity index (χ0v) is 17.2. The molecule has 0 unspecified atom stereocenters. The van der Waals surface area contributed by atoms with E-state index in [9.17, 15) is 14.0 Å². The Hall–Kier alpha value is -3.68. The predicted octanol–water partition coefficient (Wildman–Crippen LogP) is 3.15. The summed E-state index contributed by atoms with van der Waals surface area (Å²) in [4.78, 5) is 27.1. The molecule has 7 nitrogen and oxygen atoms in total. The second-order valence-electron chi connectivity index (χ2n) is 7.29. The highest BCUT2D eigenvalue weighted by atomic mass is 19.1. The number of halogens is 1. The molecule has 160 valence electrons. The topological polar surface area (TPSA) is 73.7 Å². The van der Waals surface area contributed by atoms with Gasteiger partial charge in [-0.15, -0.1) is 0 Å². The number of methoxy groups -OCH3 is 1. The lowest BCUT2D eigenvalue weighted by molar-refractivity contribution is -0.145. The minimum Gasteiger partial charge on any atom is -0.485 e. The molecule has 1 amide bonds. The first kappa shape index (κ1) is 20.6. The van der Waals surface area contributed by atoms with Gasteiger partial charge < -0.3 is 14.4 Å². The van der Waals surface area contributed by atoms with Gasteiger partial charge in [0.15, 0.2) is 11.6 Å². The molecule has 1 aromatic heterocycles. The molecule has 0 bridgehead atoms. The number of hydrogen-bond acceptors (Lipinski definition) is 5. The predicted molar refractivity (Wildman–Crippen MR) is 111 cm³/mol. The van der Waals surface area contributed by atoms with Gasteiger partial charge >= 0.3 is 5.97 Å². The van der Waals surface area contributed by atoms with Gasteiger partial charge in [0.05, 0.1) is 36.8 Å².